The van der Waals surface area contributed by atoms with Crippen molar-refractivity contribution in [3.8, 4) is 0 Å². The Bertz CT molecular complexity index is 714. The maximum atomic E-state index is 12.6. The average molecular weight is 301 g/mol. The fraction of sp³-hybridized carbons (Fsp3) is 0.375. The van der Waals surface area contributed by atoms with E-state index in [1.807, 2.05) is 36.1 Å². The summed E-state index contributed by atoms with van der Waals surface area (Å²) < 4.78 is 5.73. The molecule has 2 aromatic rings. The zero-order valence-electron chi connectivity index (χ0n) is 12.5. The highest BCUT2D eigenvalue weighted by Crippen LogP contribution is 2.26. The van der Waals surface area contributed by atoms with Crippen LogP contribution >= 0.6 is 0 Å². The summed E-state index contributed by atoms with van der Waals surface area (Å²) in [5.74, 6) is -0.0233. The lowest BCUT2D eigenvalue weighted by Gasteiger charge is -2.33. The number of furan rings is 1. The summed E-state index contributed by atoms with van der Waals surface area (Å²) in [6.45, 7) is 4.58. The minimum atomic E-state index is -0.340. The summed E-state index contributed by atoms with van der Waals surface area (Å²) in [6, 6.07) is 7.64. The largest absolute Gasteiger partial charge is 0.451 e. The van der Waals surface area contributed by atoms with Crippen LogP contribution in [0.1, 0.15) is 16.1 Å². The van der Waals surface area contributed by atoms with Gasteiger partial charge in [0.15, 0.2) is 5.76 Å². The molecule has 0 radical (unpaired) electrons. The van der Waals surface area contributed by atoms with E-state index in [1.54, 1.807) is 4.90 Å². The molecular weight excluding hydrogens is 282 g/mol. The number of piperazine rings is 1. The zero-order chi connectivity index (χ0) is 15.7. The van der Waals surface area contributed by atoms with Crippen molar-refractivity contribution in [3.05, 3.63) is 35.6 Å². The molecule has 3 rings (SSSR count). The van der Waals surface area contributed by atoms with E-state index in [0.29, 0.717) is 31.9 Å². The van der Waals surface area contributed by atoms with E-state index in [-0.39, 0.29) is 18.4 Å². The fourth-order valence-corrected chi connectivity index (χ4v) is 2.85. The molecule has 0 aliphatic carbocycles. The monoisotopic (exact) mass is 301 g/mol. The molecule has 1 fully saturated rings. The van der Waals surface area contributed by atoms with Crippen LogP contribution in [0.15, 0.2) is 28.7 Å². The van der Waals surface area contributed by atoms with E-state index in [2.05, 4.69) is 0 Å². The highest BCUT2D eigenvalue weighted by molar-refractivity contribution is 5.99. The third-order valence-corrected chi connectivity index (χ3v) is 4.08. The number of para-hydroxylation sites is 1. The lowest BCUT2D eigenvalue weighted by Crippen LogP contribution is -2.50. The van der Waals surface area contributed by atoms with Gasteiger partial charge < -0.3 is 15.1 Å². The van der Waals surface area contributed by atoms with Crippen LogP contribution in [0.4, 0.5) is 0 Å². The molecule has 0 atom stereocenters. The van der Waals surface area contributed by atoms with Crippen molar-refractivity contribution in [3.63, 3.8) is 0 Å². The third-order valence-electron chi connectivity index (χ3n) is 4.08. The van der Waals surface area contributed by atoms with Crippen LogP contribution in [0.5, 0.6) is 0 Å². The molecule has 0 saturated carbocycles. The molecule has 2 N–H and O–H groups in total. The van der Waals surface area contributed by atoms with Crippen LogP contribution in [-0.2, 0) is 4.79 Å². The summed E-state index contributed by atoms with van der Waals surface area (Å²) >= 11 is 0. The van der Waals surface area contributed by atoms with Crippen molar-refractivity contribution in [2.75, 3.05) is 32.7 Å². The van der Waals surface area contributed by atoms with Gasteiger partial charge in [0.2, 0.25) is 5.91 Å². The lowest BCUT2D eigenvalue weighted by atomic mass is 10.1. The number of hydrogen-bond acceptors (Lipinski definition) is 4. The Kier molecular flexibility index (Phi) is 3.85. The molecule has 1 aromatic heterocycles. The molecule has 1 aliphatic rings. The minimum Gasteiger partial charge on any atom is -0.451 e. The number of hydrogen-bond donors (Lipinski definition) is 1. The summed E-state index contributed by atoms with van der Waals surface area (Å²) in [5, 5.41) is 0.971. The number of carbonyl (C=O) groups excluding carboxylic acids is 2. The van der Waals surface area contributed by atoms with Gasteiger partial charge in [0.05, 0.1) is 6.54 Å². The number of nitrogens with zero attached hydrogens (tertiary/aromatic N) is 2. The van der Waals surface area contributed by atoms with Crippen molar-refractivity contribution >= 4 is 22.8 Å². The Morgan fingerprint density at radius 3 is 2.50 bits per heavy atom. The van der Waals surface area contributed by atoms with Gasteiger partial charge in [0.25, 0.3) is 5.91 Å². The number of aryl methyl sites for hydroxylation is 1. The minimum absolute atomic E-state index is 0.0903. The van der Waals surface area contributed by atoms with Crippen molar-refractivity contribution in [1.29, 1.82) is 0 Å². The Morgan fingerprint density at radius 2 is 1.86 bits per heavy atom. The van der Waals surface area contributed by atoms with Crippen molar-refractivity contribution in [1.82, 2.24) is 9.80 Å². The maximum Gasteiger partial charge on any atom is 0.289 e. The quantitative estimate of drug-likeness (QED) is 0.916. The second kappa shape index (κ2) is 5.81. The second-order valence-corrected chi connectivity index (χ2v) is 5.59. The molecular formula is C16H19N3O3. The molecule has 1 aromatic carbocycles. The van der Waals surface area contributed by atoms with E-state index in [4.69, 9.17) is 10.2 Å². The van der Waals surface area contributed by atoms with Gasteiger partial charge in [0.1, 0.15) is 5.58 Å². The zero-order valence-corrected chi connectivity index (χ0v) is 12.5. The molecule has 6 heteroatoms. The van der Waals surface area contributed by atoms with Gasteiger partial charge in [-0.3, -0.25) is 14.5 Å². The number of rotatable bonds is 3. The maximum absolute atomic E-state index is 12.6. The Hall–Kier alpha value is -2.34. The van der Waals surface area contributed by atoms with Gasteiger partial charge in [0, 0.05) is 37.1 Å². The van der Waals surface area contributed by atoms with Gasteiger partial charge >= 0.3 is 0 Å². The van der Waals surface area contributed by atoms with Gasteiger partial charge in [-0.1, -0.05) is 18.2 Å². The highest BCUT2D eigenvalue weighted by atomic mass is 16.3. The predicted molar refractivity (Wildman–Crippen MR) is 82.5 cm³/mol. The summed E-state index contributed by atoms with van der Waals surface area (Å²) in [5.41, 5.74) is 6.80. The SMILES string of the molecule is Cc1c(C(=O)N2CCN(CC(N)=O)CC2)oc2ccccc12. The summed E-state index contributed by atoms with van der Waals surface area (Å²) in [7, 11) is 0. The van der Waals surface area contributed by atoms with E-state index in [9.17, 15) is 9.59 Å². The van der Waals surface area contributed by atoms with Crippen LogP contribution < -0.4 is 5.73 Å². The van der Waals surface area contributed by atoms with Crippen molar-refractivity contribution in [2.24, 2.45) is 5.73 Å². The van der Waals surface area contributed by atoms with Gasteiger partial charge in [-0.2, -0.15) is 0 Å². The molecule has 0 spiro atoms. The van der Waals surface area contributed by atoms with E-state index >= 15 is 0 Å². The molecule has 116 valence electrons. The van der Waals surface area contributed by atoms with E-state index < -0.39 is 0 Å². The molecule has 2 heterocycles. The molecule has 0 unspecified atom stereocenters. The number of primary amides is 1. The van der Waals surface area contributed by atoms with Crippen molar-refractivity contribution < 1.29 is 14.0 Å². The normalized spacial score (nSPS) is 16.1. The lowest BCUT2D eigenvalue weighted by molar-refractivity contribution is -0.119. The number of carbonyl (C=O) groups is 2. The predicted octanol–water partition coefficient (Wildman–Crippen LogP) is 0.984. The topological polar surface area (TPSA) is 79.8 Å². The first-order valence-corrected chi connectivity index (χ1v) is 7.34. The first-order valence-electron chi connectivity index (χ1n) is 7.34. The van der Waals surface area contributed by atoms with Crippen LogP contribution in [0.3, 0.4) is 0 Å². The van der Waals surface area contributed by atoms with Crippen LogP contribution in [0.2, 0.25) is 0 Å². The van der Waals surface area contributed by atoms with Crippen molar-refractivity contribution in [2.45, 2.75) is 6.92 Å². The first-order chi connectivity index (χ1) is 10.6. The number of fused-ring (bicyclic) bond motifs is 1. The van der Waals surface area contributed by atoms with Gasteiger partial charge in [-0.05, 0) is 13.0 Å². The fourth-order valence-electron chi connectivity index (χ4n) is 2.85. The van der Waals surface area contributed by atoms with Crippen LogP contribution in [0, 0.1) is 6.92 Å². The highest BCUT2D eigenvalue weighted by Gasteiger charge is 2.26. The smallest absolute Gasteiger partial charge is 0.289 e. The first kappa shape index (κ1) is 14.6. The van der Waals surface area contributed by atoms with Gasteiger partial charge in [-0.15, -0.1) is 0 Å². The third kappa shape index (κ3) is 2.69. The van der Waals surface area contributed by atoms with Gasteiger partial charge in [-0.25, -0.2) is 0 Å². The summed E-state index contributed by atoms with van der Waals surface area (Å²) in [6.07, 6.45) is 0. The van der Waals surface area contributed by atoms with E-state index in [1.165, 1.54) is 0 Å². The van der Waals surface area contributed by atoms with Crippen LogP contribution in [-0.4, -0.2) is 54.3 Å². The number of nitrogens with two attached hydrogens (primary N) is 1. The molecule has 1 aliphatic heterocycles. The van der Waals surface area contributed by atoms with Crippen LogP contribution in [0.25, 0.3) is 11.0 Å². The standard InChI is InChI=1S/C16H19N3O3/c1-11-12-4-2-3-5-13(12)22-15(11)16(21)19-8-6-18(7-9-19)10-14(17)20/h2-5H,6-10H2,1H3,(H2,17,20). The molecule has 2 amide bonds. The second-order valence-electron chi connectivity index (χ2n) is 5.59. The van der Waals surface area contributed by atoms with E-state index in [0.717, 1.165) is 16.5 Å². The summed E-state index contributed by atoms with van der Waals surface area (Å²) in [4.78, 5) is 27.3. The Morgan fingerprint density at radius 1 is 1.18 bits per heavy atom. The molecule has 6 nitrogen and oxygen atoms in total. The average Bonchev–Trinajstić information content (AvgIpc) is 2.84. The number of amides is 2. The molecule has 0 bridgehead atoms. The Balaban J connectivity index is 1.74. The Labute approximate surface area is 128 Å². The number of benzene rings is 1. The molecule has 22 heavy (non-hydrogen) atoms. The molecule has 1 saturated heterocycles.